The molecule has 0 radical (unpaired) electrons. The zero-order valence-electron chi connectivity index (χ0n) is 10.1. The number of amides is 1. The van der Waals surface area contributed by atoms with Crippen LogP contribution in [0.1, 0.15) is 23.2 Å². The SMILES string of the molecule is COc1cc(Br)ccc1C(=O)NCC1(CCl)CC1. The number of hydrogen-bond acceptors (Lipinski definition) is 2. The van der Waals surface area contributed by atoms with Crippen molar-refractivity contribution in [3.63, 3.8) is 0 Å². The Hall–Kier alpha value is -0.740. The molecule has 1 aromatic rings. The topological polar surface area (TPSA) is 38.3 Å². The Kier molecular flexibility index (Phi) is 4.17. The summed E-state index contributed by atoms with van der Waals surface area (Å²) in [6.07, 6.45) is 2.18. The molecule has 1 saturated carbocycles. The lowest BCUT2D eigenvalue weighted by molar-refractivity contribution is 0.0943. The van der Waals surface area contributed by atoms with Crippen LogP contribution < -0.4 is 10.1 Å². The maximum Gasteiger partial charge on any atom is 0.255 e. The lowest BCUT2D eigenvalue weighted by Gasteiger charge is -2.14. The molecule has 18 heavy (non-hydrogen) atoms. The lowest BCUT2D eigenvalue weighted by atomic mass is 10.1. The van der Waals surface area contributed by atoms with Crippen molar-refractivity contribution in [1.82, 2.24) is 5.32 Å². The summed E-state index contributed by atoms with van der Waals surface area (Å²) in [5.74, 6) is 1.05. The summed E-state index contributed by atoms with van der Waals surface area (Å²) in [4.78, 5) is 12.1. The maximum atomic E-state index is 12.1. The van der Waals surface area contributed by atoms with Crippen LogP contribution in [0.5, 0.6) is 5.75 Å². The van der Waals surface area contributed by atoms with Crippen molar-refractivity contribution >= 4 is 33.4 Å². The Balaban J connectivity index is 2.04. The fourth-order valence-electron chi connectivity index (χ4n) is 1.75. The normalized spacial score (nSPS) is 16.2. The van der Waals surface area contributed by atoms with Crippen molar-refractivity contribution in [2.75, 3.05) is 19.5 Å². The molecule has 1 aliphatic rings. The zero-order valence-corrected chi connectivity index (χ0v) is 12.5. The van der Waals surface area contributed by atoms with E-state index in [2.05, 4.69) is 21.2 Å². The first-order valence-corrected chi connectivity index (χ1v) is 7.11. The third kappa shape index (κ3) is 2.98. The first-order valence-electron chi connectivity index (χ1n) is 5.78. The number of halogens is 2. The summed E-state index contributed by atoms with van der Waals surface area (Å²) in [6, 6.07) is 5.35. The van der Waals surface area contributed by atoms with E-state index in [0.717, 1.165) is 17.3 Å². The van der Waals surface area contributed by atoms with Crippen molar-refractivity contribution in [3.05, 3.63) is 28.2 Å². The molecule has 1 fully saturated rings. The van der Waals surface area contributed by atoms with Crippen molar-refractivity contribution < 1.29 is 9.53 Å². The van der Waals surface area contributed by atoms with E-state index in [-0.39, 0.29) is 11.3 Å². The van der Waals surface area contributed by atoms with Crippen molar-refractivity contribution in [2.24, 2.45) is 5.41 Å². The predicted molar refractivity (Wildman–Crippen MR) is 75.4 cm³/mol. The third-order valence-electron chi connectivity index (χ3n) is 3.27. The molecule has 0 aliphatic heterocycles. The van der Waals surface area contributed by atoms with Gasteiger partial charge in [0, 0.05) is 22.3 Å². The second-order valence-corrected chi connectivity index (χ2v) is 5.84. The van der Waals surface area contributed by atoms with Gasteiger partial charge >= 0.3 is 0 Å². The van der Waals surface area contributed by atoms with Crippen LogP contribution >= 0.6 is 27.5 Å². The molecule has 1 amide bonds. The maximum absolute atomic E-state index is 12.1. The second kappa shape index (κ2) is 5.49. The monoisotopic (exact) mass is 331 g/mol. The number of carbonyl (C=O) groups excluding carboxylic acids is 1. The van der Waals surface area contributed by atoms with E-state index in [1.165, 1.54) is 0 Å². The molecule has 3 nitrogen and oxygen atoms in total. The minimum Gasteiger partial charge on any atom is -0.496 e. The van der Waals surface area contributed by atoms with Gasteiger partial charge in [-0.3, -0.25) is 4.79 Å². The third-order valence-corrected chi connectivity index (χ3v) is 4.33. The van der Waals surface area contributed by atoms with E-state index in [1.807, 2.05) is 6.07 Å². The molecular formula is C13H15BrClNO2. The largest absolute Gasteiger partial charge is 0.496 e. The number of rotatable bonds is 5. The van der Waals surface area contributed by atoms with Crippen molar-refractivity contribution in [2.45, 2.75) is 12.8 Å². The molecule has 1 aromatic carbocycles. The summed E-state index contributed by atoms with van der Waals surface area (Å²) < 4.78 is 6.09. The minimum atomic E-state index is -0.115. The highest BCUT2D eigenvalue weighted by molar-refractivity contribution is 9.10. The van der Waals surface area contributed by atoms with Crippen LogP contribution in [-0.4, -0.2) is 25.4 Å². The Morgan fingerprint density at radius 2 is 2.28 bits per heavy atom. The molecule has 0 saturated heterocycles. The van der Waals surface area contributed by atoms with Gasteiger partial charge in [-0.05, 0) is 31.0 Å². The van der Waals surface area contributed by atoms with Crippen LogP contribution in [0.3, 0.4) is 0 Å². The molecule has 2 rings (SSSR count). The van der Waals surface area contributed by atoms with Gasteiger partial charge in [-0.15, -0.1) is 11.6 Å². The number of alkyl halides is 1. The summed E-state index contributed by atoms with van der Waals surface area (Å²) >= 11 is 9.23. The number of methoxy groups -OCH3 is 1. The molecule has 0 bridgehead atoms. The van der Waals surface area contributed by atoms with Gasteiger partial charge in [-0.1, -0.05) is 15.9 Å². The van der Waals surface area contributed by atoms with Gasteiger partial charge in [-0.25, -0.2) is 0 Å². The first-order chi connectivity index (χ1) is 8.60. The first kappa shape index (κ1) is 13.7. The molecule has 0 unspecified atom stereocenters. The average molecular weight is 333 g/mol. The molecule has 0 aromatic heterocycles. The van der Waals surface area contributed by atoms with Crippen LogP contribution in [0.25, 0.3) is 0 Å². The molecule has 0 atom stereocenters. The smallest absolute Gasteiger partial charge is 0.255 e. The highest BCUT2D eigenvalue weighted by atomic mass is 79.9. The van der Waals surface area contributed by atoms with Gasteiger partial charge in [-0.2, -0.15) is 0 Å². The van der Waals surface area contributed by atoms with Gasteiger partial charge in [0.05, 0.1) is 12.7 Å². The van der Waals surface area contributed by atoms with Crippen molar-refractivity contribution in [3.8, 4) is 5.75 Å². The number of hydrogen-bond donors (Lipinski definition) is 1. The Bertz CT molecular complexity index is 460. The fourth-order valence-corrected chi connectivity index (χ4v) is 2.45. The Morgan fingerprint density at radius 1 is 1.56 bits per heavy atom. The lowest BCUT2D eigenvalue weighted by Crippen LogP contribution is -2.31. The number of nitrogens with one attached hydrogen (secondary N) is 1. The number of ether oxygens (including phenoxy) is 1. The minimum absolute atomic E-state index is 0.115. The van der Waals surface area contributed by atoms with Gasteiger partial charge in [0.25, 0.3) is 5.91 Å². The molecule has 98 valence electrons. The average Bonchev–Trinajstić information content (AvgIpc) is 3.16. The van der Waals surface area contributed by atoms with Crippen LogP contribution in [0.15, 0.2) is 22.7 Å². The Morgan fingerprint density at radius 3 is 2.83 bits per heavy atom. The van der Waals surface area contributed by atoms with Gasteiger partial charge in [0.2, 0.25) is 0 Å². The Labute approximate surface area is 120 Å². The molecule has 1 N–H and O–H groups in total. The zero-order chi connectivity index (χ0) is 13.2. The van der Waals surface area contributed by atoms with E-state index in [0.29, 0.717) is 23.7 Å². The highest BCUT2D eigenvalue weighted by Crippen LogP contribution is 2.45. The number of benzene rings is 1. The highest BCUT2D eigenvalue weighted by Gasteiger charge is 2.41. The van der Waals surface area contributed by atoms with Gasteiger partial charge in [0.15, 0.2) is 0 Å². The quantitative estimate of drug-likeness (QED) is 0.841. The van der Waals surface area contributed by atoms with E-state index >= 15 is 0 Å². The van der Waals surface area contributed by atoms with Gasteiger partial charge in [0.1, 0.15) is 5.75 Å². The summed E-state index contributed by atoms with van der Waals surface area (Å²) in [6.45, 7) is 0.633. The molecule has 1 aliphatic carbocycles. The summed E-state index contributed by atoms with van der Waals surface area (Å²) in [5.41, 5.74) is 0.672. The van der Waals surface area contributed by atoms with Crippen LogP contribution in [-0.2, 0) is 0 Å². The second-order valence-electron chi connectivity index (χ2n) is 4.66. The molecular weight excluding hydrogens is 318 g/mol. The molecule has 0 heterocycles. The van der Waals surface area contributed by atoms with Crippen LogP contribution in [0.2, 0.25) is 0 Å². The van der Waals surface area contributed by atoms with Crippen molar-refractivity contribution in [1.29, 1.82) is 0 Å². The van der Waals surface area contributed by atoms with E-state index in [9.17, 15) is 4.79 Å². The van der Waals surface area contributed by atoms with E-state index in [1.54, 1.807) is 19.2 Å². The molecule has 0 spiro atoms. The standard InChI is InChI=1S/C13H15BrClNO2/c1-18-11-6-9(14)2-3-10(11)12(17)16-8-13(7-15)4-5-13/h2-3,6H,4-5,7-8H2,1H3,(H,16,17). The van der Waals surface area contributed by atoms with Crippen LogP contribution in [0.4, 0.5) is 0 Å². The van der Waals surface area contributed by atoms with E-state index in [4.69, 9.17) is 16.3 Å². The number of carbonyl (C=O) groups is 1. The molecule has 5 heteroatoms. The fraction of sp³-hybridized carbons (Fsp3) is 0.462. The van der Waals surface area contributed by atoms with Crippen LogP contribution in [0, 0.1) is 5.41 Å². The summed E-state index contributed by atoms with van der Waals surface area (Å²) in [7, 11) is 1.56. The van der Waals surface area contributed by atoms with Gasteiger partial charge < -0.3 is 10.1 Å². The van der Waals surface area contributed by atoms with E-state index < -0.39 is 0 Å². The predicted octanol–water partition coefficient (Wildman–Crippen LogP) is 3.21. The summed E-state index contributed by atoms with van der Waals surface area (Å²) in [5, 5.41) is 2.93.